The van der Waals surface area contributed by atoms with E-state index >= 15 is 0 Å². The van der Waals surface area contributed by atoms with E-state index in [1.165, 1.54) is 19.3 Å². The fourth-order valence-corrected chi connectivity index (χ4v) is 4.40. The van der Waals surface area contributed by atoms with Gasteiger partial charge in [0.05, 0.1) is 16.5 Å². The van der Waals surface area contributed by atoms with Crippen LogP contribution in [0.2, 0.25) is 0 Å². The maximum Gasteiger partial charge on any atom is 0.258 e. The fraction of sp³-hybridized carbons (Fsp3) is 0.462. The van der Waals surface area contributed by atoms with E-state index in [2.05, 4.69) is 65.8 Å². The van der Waals surface area contributed by atoms with Crippen LogP contribution in [0.1, 0.15) is 65.4 Å². The molecule has 2 heterocycles. The van der Waals surface area contributed by atoms with Crippen molar-refractivity contribution in [3.8, 4) is 11.8 Å². The van der Waals surface area contributed by atoms with Crippen molar-refractivity contribution >= 4 is 43.4 Å². The number of benzene rings is 1. The van der Waals surface area contributed by atoms with Gasteiger partial charge in [0.2, 0.25) is 0 Å². The molecule has 2 aromatic heterocycles. The molecule has 1 saturated carbocycles. The van der Waals surface area contributed by atoms with E-state index in [-0.39, 0.29) is 17.0 Å². The molecule has 1 fully saturated rings. The zero-order valence-corrected chi connectivity index (χ0v) is 20.3. The van der Waals surface area contributed by atoms with Crippen molar-refractivity contribution in [2.75, 3.05) is 5.32 Å². The predicted molar refractivity (Wildman–Crippen MR) is 134 cm³/mol. The van der Waals surface area contributed by atoms with Gasteiger partial charge in [-0.05, 0) is 43.4 Å². The summed E-state index contributed by atoms with van der Waals surface area (Å²) in [5.74, 6) is 8.03. The lowest BCUT2D eigenvalue weighted by atomic mass is 9.88. The van der Waals surface area contributed by atoms with Crippen LogP contribution in [0.15, 0.2) is 33.7 Å². The molecule has 0 saturated heterocycles. The van der Waals surface area contributed by atoms with Crippen LogP contribution in [0.3, 0.4) is 0 Å². The number of aromatic amines is 1. The van der Waals surface area contributed by atoms with Crippen molar-refractivity contribution in [1.29, 1.82) is 0 Å². The van der Waals surface area contributed by atoms with Gasteiger partial charge in [0.1, 0.15) is 5.82 Å². The highest BCUT2D eigenvalue weighted by Crippen LogP contribution is 2.33. The Balaban J connectivity index is 1.93. The molecule has 4 nitrogen and oxygen atoms in total. The monoisotopic (exact) mass is 479 g/mol. The normalized spacial score (nSPS) is 16.2. The number of fused-ring (bicyclic) bond motifs is 3. The summed E-state index contributed by atoms with van der Waals surface area (Å²) in [5, 5.41) is 6.02. The van der Waals surface area contributed by atoms with Crippen molar-refractivity contribution in [3.05, 3.63) is 44.8 Å². The number of aromatic nitrogens is 2. The number of nitrogens with one attached hydrogen (secondary N) is 2. The molecule has 3 aromatic rings. The maximum atomic E-state index is 12.9. The average molecular weight is 480 g/mol. The van der Waals surface area contributed by atoms with Crippen LogP contribution in [0.5, 0.6) is 0 Å². The highest BCUT2D eigenvalue weighted by atomic mass is 79.9. The Morgan fingerprint density at radius 3 is 2.65 bits per heavy atom. The zero-order chi connectivity index (χ0) is 22.2. The molecule has 0 bridgehead atoms. The second-order valence-corrected chi connectivity index (χ2v) is 10.7. The minimum atomic E-state index is -0.135. The predicted octanol–water partition coefficient (Wildman–Crippen LogP) is 6.62. The number of pyridine rings is 2. The number of H-pyrrole nitrogens is 1. The molecular weight excluding hydrogens is 450 g/mol. The number of hydrogen-bond acceptors (Lipinski definition) is 3. The summed E-state index contributed by atoms with van der Waals surface area (Å²) in [6.45, 7) is 8.78. The van der Waals surface area contributed by atoms with Crippen LogP contribution in [0.25, 0.3) is 21.7 Å². The summed E-state index contributed by atoms with van der Waals surface area (Å²) in [4.78, 5) is 20.7. The summed E-state index contributed by atoms with van der Waals surface area (Å²) in [5.41, 5.74) is 1.38. The zero-order valence-electron chi connectivity index (χ0n) is 18.7. The lowest BCUT2D eigenvalue weighted by Gasteiger charge is -2.29. The Morgan fingerprint density at radius 2 is 1.94 bits per heavy atom. The van der Waals surface area contributed by atoms with Crippen molar-refractivity contribution in [2.45, 2.75) is 65.8 Å². The van der Waals surface area contributed by atoms with E-state index in [9.17, 15) is 4.79 Å². The van der Waals surface area contributed by atoms with Gasteiger partial charge < -0.3 is 10.3 Å². The molecule has 0 radical (unpaired) electrons. The highest BCUT2D eigenvalue weighted by molar-refractivity contribution is 9.10. The molecule has 1 aliphatic carbocycles. The third-order valence-electron chi connectivity index (χ3n) is 6.46. The third-order valence-corrected chi connectivity index (χ3v) is 6.96. The molecular formula is C26H30BrN3O. The Labute approximate surface area is 192 Å². The number of hydrogen-bond donors (Lipinski definition) is 2. The van der Waals surface area contributed by atoms with Gasteiger partial charge in [-0.1, -0.05) is 67.8 Å². The van der Waals surface area contributed by atoms with E-state index in [4.69, 9.17) is 4.98 Å². The van der Waals surface area contributed by atoms with E-state index in [0.717, 1.165) is 39.5 Å². The smallest absolute Gasteiger partial charge is 0.258 e. The number of anilines is 1. The summed E-state index contributed by atoms with van der Waals surface area (Å²) in [6, 6.07) is 6.20. The molecule has 0 amide bonds. The van der Waals surface area contributed by atoms with Crippen molar-refractivity contribution in [2.24, 2.45) is 11.3 Å². The van der Waals surface area contributed by atoms with Gasteiger partial charge in [-0.2, -0.15) is 0 Å². The highest BCUT2D eigenvalue weighted by Gasteiger charge is 2.22. The SMILES string of the molecule is CC(Nc1nc2c(C#CC3CCCCC3)c[nH]c(=O)c2c2cc(Br)ccc12)C(C)(C)C. The Morgan fingerprint density at radius 1 is 1.19 bits per heavy atom. The fourth-order valence-electron chi connectivity index (χ4n) is 4.04. The second-order valence-electron chi connectivity index (χ2n) is 9.74. The summed E-state index contributed by atoms with van der Waals surface area (Å²) < 4.78 is 0.931. The van der Waals surface area contributed by atoms with Gasteiger partial charge >= 0.3 is 0 Å². The molecule has 31 heavy (non-hydrogen) atoms. The molecule has 2 N–H and O–H groups in total. The molecule has 0 aliphatic heterocycles. The average Bonchev–Trinajstić information content (AvgIpc) is 2.73. The first-order valence-electron chi connectivity index (χ1n) is 11.2. The minimum Gasteiger partial charge on any atom is -0.367 e. The minimum absolute atomic E-state index is 0.0656. The molecule has 1 aromatic carbocycles. The summed E-state index contributed by atoms with van der Waals surface area (Å²) >= 11 is 3.57. The Hall–Kier alpha value is -2.32. The van der Waals surface area contributed by atoms with Gasteiger partial charge in [-0.25, -0.2) is 4.98 Å². The third kappa shape index (κ3) is 4.65. The number of nitrogens with zero attached hydrogens (tertiary/aromatic N) is 1. The van der Waals surface area contributed by atoms with Gasteiger partial charge in [0, 0.05) is 33.4 Å². The second kappa shape index (κ2) is 8.67. The number of rotatable bonds is 2. The summed E-state index contributed by atoms with van der Waals surface area (Å²) in [6.07, 6.45) is 7.85. The van der Waals surface area contributed by atoms with E-state index in [0.29, 0.717) is 16.8 Å². The lowest BCUT2D eigenvalue weighted by molar-refractivity contribution is 0.359. The van der Waals surface area contributed by atoms with Crippen LogP contribution < -0.4 is 10.9 Å². The first-order valence-corrected chi connectivity index (χ1v) is 12.0. The van der Waals surface area contributed by atoms with E-state index in [1.807, 2.05) is 18.2 Å². The quantitative estimate of drug-likeness (QED) is 0.320. The topological polar surface area (TPSA) is 57.8 Å². The largest absolute Gasteiger partial charge is 0.367 e. The van der Waals surface area contributed by atoms with Crippen molar-refractivity contribution < 1.29 is 0 Å². The van der Waals surface area contributed by atoms with Crippen molar-refractivity contribution in [3.63, 3.8) is 0 Å². The summed E-state index contributed by atoms with van der Waals surface area (Å²) in [7, 11) is 0. The molecule has 4 rings (SSSR count). The van der Waals surface area contributed by atoms with Crippen molar-refractivity contribution in [1.82, 2.24) is 9.97 Å². The van der Waals surface area contributed by atoms with Gasteiger partial charge in [0.25, 0.3) is 5.56 Å². The first-order chi connectivity index (χ1) is 14.7. The molecule has 1 atom stereocenters. The van der Waals surface area contributed by atoms with Crippen LogP contribution in [-0.2, 0) is 0 Å². The van der Waals surface area contributed by atoms with Gasteiger partial charge in [-0.3, -0.25) is 4.79 Å². The van der Waals surface area contributed by atoms with Gasteiger partial charge in [0.15, 0.2) is 0 Å². The Kier molecular flexibility index (Phi) is 6.12. The lowest BCUT2D eigenvalue weighted by Crippen LogP contribution is -2.31. The molecule has 0 spiro atoms. The van der Waals surface area contributed by atoms with Crippen LogP contribution in [0, 0.1) is 23.2 Å². The number of halogens is 1. The molecule has 1 unspecified atom stereocenters. The van der Waals surface area contributed by atoms with E-state index in [1.54, 1.807) is 6.20 Å². The van der Waals surface area contributed by atoms with Crippen LogP contribution in [-0.4, -0.2) is 16.0 Å². The standard InChI is InChI=1S/C26H30BrN3O/c1-16(26(2,3)4)29-24-20-13-12-19(27)14-21(20)22-23(30-24)18(15-28-25(22)31)11-10-17-8-6-5-7-9-17/h12-17H,5-9H2,1-4H3,(H,28,31)(H,29,30). The molecule has 1 aliphatic rings. The van der Waals surface area contributed by atoms with E-state index < -0.39 is 0 Å². The molecule has 5 heteroatoms. The molecule has 162 valence electrons. The Bertz CT molecular complexity index is 1240. The van der Waals surface area contributed by atoms with Crippen LogP contribution in [0.4, 0.5) is 5.82 Å². The maximum absolute atomic E-state index is 12.9. The van der Waals surface area contributed by atoms with Gasteiger partial charge in [-0.15, -0.1) is 0 Å². The first kappa shape index (κ1) is 21.9. The van der Waals surface area contributed by atoms with Crippen LogP contribution >= 0.6 is 15.9 Å².